The molecule has 0 radical (unpaired) electrons. The number of likely N-dealkylation sites (N-methyl/N-ethyl adjacent to an activating group) is 1. The van der Waals surface area contributed by atoms with Crippen LogP contribution in [0.25, 0.3) is 10.9 Å². The van der Waals surface area contributed by atoms with Crippen molar-refractivity contribution in [3.63, 3.8) is 0 Å². The molecule has 1 aromatic heterocycles. The van der Waals surface area contributed by atoms with E-state index in [1.165, 1.54) is 11.1 Å². The maximum absolute atomic E-state index is 12.5. The minimum Gasteiger partial charge on any atom is -0.349 e. The molecule has 1 heterocycles. The first kappa shape index (κ1) is 26.0. The van der Waals surface area contributed by atoms with E-state index in [4.69, 9.17) is 5.73 Å². The van der Waals surface area contributed by atoms with Gasteiger partial charge in [0, 0.05) is 37.6 Å². The van der Waals surface area contributed by atoms with E-state index in [0.29, 0.717) is 18.8 Å². The van der Waals surface area contributed by atoms with E-state index in [1.807, 2.05) is 41.9 Å². The first-order chi connectivity index (χ1) is 13.6. The number of hydrogen-bond acceptors (Lipinski definition) is 3. The second kappa shape index (κ2) is 12.6. The van der Waals surface area contributed by atoms with Crippen molar-refractivity contribution in [3.05, 3.63) is 71.4 Å². The SMILES string of the molecule is CN(CCCc1ccc(CN)cc1)CCNC(=O)c1cc2ccccc2n1C.Cl.Cl. The molecule has 7 heteroatoms. The fraction of sp³-hybridized carbons (Fsp3) is 0.348. The standard InChI is InChI=1S/C23H30N4O.2ClH/c1-26(14-5-6-18-9-11-19(17-24)12-10-18)15-13-25-23(28)22-16-20-7-3-4-8-21(20)27(22)2;;/h3-4,7-12,16H,5-6,13-15,17,24H2,1-2H3,(H,25,28);2*1H. The Labute approximate surface area is 191 Å². The quantitative estimate of drug-likeness (QED) is 0.521. The molecule has 30 heavy (non-hydrogen) atoms. The van der Waals surface area contributed by atoms with E-state index >= 15 is 0 Å². The summed E-state index contributed by atoms with van der Waals surface area (Å²) in [5.74, 6) is -0.0212. The van der Waals surface area contributed by atoms with Gasteiger partial charge in [0.15, 0.2) is 0 Å². The van der Waals surface area contributed by atoms with Gasteiger partial charge in [-0.1, -0.05) is 42.5 Å². The number of nitrogens with one attached hydrogen (secondary N) is 1. The number of fused-ring (bicyclic) bond motifs is 1. The first-order valence-electron chi connectivity index (χ1n) is 9.87. The van der Waals surface area contributed by atoms with Gasteiger partial charge in [0.25, 0.3) is 5.91 Å². The number of carbonyl (C=O) groups excluding carboxylic acids is 1. The maximum Gasteiger partial charge on any atom is 0.267 e. The highest BCUT2D eigenvalue weighted by atomic mass is 35.5. The normalized spacial score (nSPS) is 10.5. The van der Waals surface area contributed by atoms with Crippen molar-refractivity contribution in [1.82, 2.24) is 14.8 Å². The van der Waals surface area contributed by atoms with Crippen LogP contribution in [0.1, 0.15) is 28.0 Å². The van der Waals surface area contributed by atoms with Crippen LogP contribution in [-0.2, 0) is 20.0 Å². The van der Waals surface area contributed by atoms with Gasteiger partial charge in [-0.05, 0) is 49.7 Å². The molecule has 164 valence electrons. The number of amides is 1. The summed E-state index contributed by atoms with van der Waals surface area (Å²) in [6.07, 6.45) is 2.15. The number of carbonyl (C=O) groups is 1. The Bertz CT molecular complexity index is 925. The highest BCUT2D eigenvalue weighted by Gasteiger charge is 2.12. The number of para-hydroxylation sites is 1. The van der Waals surface area contributed by atoms with Crippen molar-refractivity contribution in [2.75, 3.05) is 26.7 Å². The summed E-state index contributed by atoms with van der Waals surface area (Å²) in [5, 5.41) is 4.13. The van der Waals surface area contributed by atoms with Crippen molar-refractivity contribution in [3.8, 4) is 0 Å². The number of hydrogen-bond donors (Lipinski definition) is 2. The van der Waals surface area contributed by atoms with Crippen molar-refractivity contribution >= 4 is 41.6 Å². The minimum absolute atomic E-state index is 0. The van der Waals surface area contributed by atoms with Crippen LogP contribution in [0, 0.1) is 0 Å². The topological polar surface area (TPSA) is 63.3 Å². The van der Waals surface area contributed by atoms with E-state index in [0.717, 1.165) is 36.8 Å². The molecule has 0 saturated heterocycles. The van der Waals surface area contributed by atoms with Crippen LogP contribution in [0.5, 0.6) is 0 Å². The van der Waals surface area contributed by atoms with Gasteiger partial charge in [-0.25, -0.2) is 0 Å². The van der Waals surface area contributed by atoms with Crippen LogP contribution in [0.3, 0.4) is 0 Å². The van der Waals surface area contributed by atoms with Gasteiger partial charge >= 0.3 is 0 Å². The van der Waals surface area contributed by atoms with Crippen LogP contribution in [0.2, 0.25) is 0 Å². The molecule has 0 spiro atoms. The number of benzene rings is 2. The highest BCUT2D eigenvalue weighted by molar-refractivity contribution is 5.98. The van der Waals surface area contributed by atoms with E-state index < -0.39 is 0 Å². The van der Waals surface area contributed by atoms with Gasteiger partial charge in [0.1, 0.15) is 5.69 Å². The Morgan fingerprint density at radius 2 is 1.70 bits per heavy atom. The average molecular weight is 451 g/mol. The number of nitrogens with two attached hydrogens (primary N) is 1. The Morgan fingerprint density at radius 3 is 2.37 bits per heavy atom. The monoisotopic (exact) mass is 450 g/mol. The zero-order chi connectivity index (χ0) is 19.9. The van der Waals surface area contributed by atoms with Crippen LogP contribution in [0.4, 0.5) is 0 Å². The smallest absolute Gasteiger partial charge is 0.267 e. The lowest BCUT2D eigenvalue weighted by atomic mass is 10.1. The van der Waals surface area contributed by atoms with Crippen molar-refractivity contribution in [1.29, 1.82) is 0 Å². The van der Waals surface area contributed by atoms with Crippen molar-refractivity contribution < 1.29 is 4.79 Å². The summed E-state index contributed by atoms with van der Waals surface area (Å²) < 4.78 is 1.95. The lowest BCUT2D eigenvalue weighted by Crippen LogP contribution is -2.34. The molecule has 0 unspecified atom stereocenters. The first-order valence-corrected chi connectivity index (χ1v) is 9.87. The van der Waals surface area contributed by atoms with Crippen LogP contribution in [-0.4, -0.2) is 42.1 Å². The molecule has 5 nitrogen and oxygen atoms in total. The Balaban J connectivity index is 0.00000225. The largest absolute Gasteiger partial charge is 0.349 e. The Kier molecular flexibility index (Phi) is 10.9. The summed E-state index contributed by atoms with van der Waals surface area (Å²) >= 11 is 0. The van der Waals surface area contributed by atoms with Gasteiger partial charge in [0.05, 0.1) is 0 Å². The average Bonchev–Trinajstić information content (AvgIpc) is 3.05. The fourth-order valence-corrected chi connectivity index (χ4v) is 3.46. The van der Waals surface area contributed by atoms with Crippen LogP contribution >= 0.6 is 24.8 Å². The van der Waals surface area contributed by atoms with Gasteiger partial charge in [-0.2, -0.15) is 0 Å². The third-order valence-corrected chi connectivity index (χ3v) is 5.23. The highest BCUT2D eigenvalue weighted by Crippen LogP contribution is 2.18. The number of halogens is 2. The Hall–Kier alpha value is -2.05. The molecular weight excluding hydrogens is 419 g/mol. The van der Waals surface area contributed by atoms with Crippen LogP contribution in [0.15, 0.2) is 54.6 Å². The number of rotatable bonds is 9. The zero-order valence-electron chi connectivity index (χ0n) is 17.6. The molecule has 0 saturated carbocycles. The summed E-state index contributed by atoms with van der Waals surface area (Å²) in [5.41, 5.74) is 9.92. The van der Waals surface area contributed by atoms with E-state index in [1.54, 1.807) is 0 Å². The predicted molar refractivity (Wildman–Crippen MR) is 130 cm³/mol. The van der Waals surface area contributed by atoms with E-state index in [2.05, 4.69) is 41.5 Å². The third kappa shape index (κ3) is 6.74. The summed E-state index contributed by atoms with van der Waals surface area (Å²) in [6.45, 7) is 3.07. The number of aromatic nitrogens is 1. The van der Waals surface area contributed by atoms with Crippen molar-refractivity contribution in [2.45, 2.75) is 19.4 Å². The lowest BCUT2D eigenvalue weighted by Gasteiger charge is -2.17. The zero-order valence-corrected chi connectivity index (χ0v) is 19.3. The molecule has 0 aliphatic heterocycles. The minimum atomic E-state index is -0.0212. The fourth-order valence-electron chi connectivity index (χ4n) is 3.46. The third-order valence-electron chi connectivity index (χ3n) is 5.23. The summed E-state index contributed by atoms with van der Waals surface area (Å²) in [4.78, 5) is 14.8. The van der Waals surface area contributed by atoms with Crippen molar-refractivity contribution in [2.24, 2.45) is 12.8 Å². The second-order valence-corrected chi connectivity index (χ2v) is 7.33. The molecule has 3 N–H and O–H groups in total. The summed E-state index contributed by atoms with van der Waals surface area (Å²) in [6, 6.07) is 18.5. The predicted octanol–water partition coefficient (Wildman–Crippen LogP) is 3.78. The molecule has 0 aliphatic carbocycles. The molecule has 0 aliphatic rings. The molecule has 2 aromatic carbocycles. The number of aryl methyl sites for hydroxylation is 2. The van der Waals surface area contributed by atoms with Crippen LogP contribution < -0.4 is 11.1 Å². The van der Waals surface area contributed by atoms with Gasteiger partial charge < -0.3 is 20.5 Å². The van der Waals surface area contributed by atoms with Gasteiger partial charge in [0.2, 0.25) is 0 Å². The summed E-state index contributed by atoms with van der Waals surface area (Å²) in [7, 11) is 4.03. The Morgan fingerprint density at radius 1 is 1.03 bits per heavy atom. The van der Waals surface area contributed by atoms with Gasteiger partial charge in [-0.15, -0.1) is 24.8 Å². The van der Waals surface area contributed by atoms with Gasteiger partial charge in [-0.3, -0.25) is 4.79 Å². The second-order valence-electron chi connectivity index (χ2n) is 7.33. The number of nitrogens with zero attached hydrogens (tertiary/aromatic N) is 2. The molecule has 1 amide bonds. The van der Waals surface area contributed by atoms with E-state index in [-0.39, 0.29) is 30.7 Å². The molecule has 0 fully saturated rings. The molecule has 0 atom stereocenters. The molecule has 3 rings (SSSR count). The molecular formula is C23H32Cl2N4O. The lowest BCUT2D eigenvalue weighted by molar-refractivity contribution is 0.0942. The molecule has 3 aromatic rings. The maximum atomic E-state index is 12.5. The van der Waals surface area contributed by atoms with E-state index in [9.17, 15) is 4.79 Å². The molecule has 0 bridgehead atoms.